The van der Waals surface area contributed by atoms with Gasteiger partial charge >= 0.3 is 6.01 Å². The summed E-state index contributed by atoms with van der Waals surface area (Å²) in [6.45, 7) is -0.225. The van der Waals surface area contributed by atoms with Crippen LogP contribution in [0.4, 0.5) is 5.82 Å². The van der Waals surface area contributed by atoms with Crippen LogP contribution in [0.15, 0.2) is 97.3 Å². The van der Waals surface area contributed by atoms with Crippen LogP contribution >= 0.6 is 0 Å². The number of benzene rings is 3. The summed E-state index contributed by atoms with van der Waals surface area (Å²) >= 11 is 0. The predicted molar refractivity (Wildman–Crippen MR) is 152 cm³/mol. The number of carbonyl (C=O) groups excluding carboxylic acids is 2. The number of nitrogens with zero attached hydrogens (tertiary/aromatic N) is 5. The van der Waals surface area contributed by atoms with E-state index in [0.717, 1.165) is 10.5 Å². The minimum atomic E-state index is -0.934. The van der Waals surface area contributed by atoms with Gasteiger partial charge in [0.1, 0.15) is 25.3 Å². The molecule has 0 bridgehead atoms. The Bertz CT molecular complexity index is 1650. The van der Waals surface area contributed by atoms with Gasteiger partial charge in [0.2, 0.25) is 0 Å². The van der Waals surface area contributed by atoms with Crippen molar-refractivity contribution < 1.29 is 29.3 Å². The zero-order valence-corrected chi connectivity index (χ0v) is 22.4. The Labute approximate surface area is 240 Å². The van der Waals surface area contributed by atoms with Crippen molar-refractivity contribution in [2.75, 3.05) is 11.5 Å². The maximum atomic E-state index is 13.9. The highest BCUT2D eigenvalue weighted by molar-refractivity contribution is 6.27. The molecule has 0 aliphatic carbocycles. The fourth-order valence-electron chi connectivity index (χ4n) is 4.87. The molecule has 2 N–H and O–H groups in total. The monoisotopic (exact) mass is 565 g/mol. The van der Waals surface area contributed by atoms with Gasteiger partial charge in [-0.15, -0.1) is 0 Å². The zero-order chi connectivity index (χ0) is 29.1. The fourth-order valence-corrected chi connectivity index (χ4v) is 4.87. The molecule has 42 heavy (non-hydrogen) atoms. The molecular weight excluding hydrogens is 538 g/mol. The third-order valence-electron chi connectivity index (χ3n) is 6.97. The molecule has 1 saturated heterocycles. The van der Waals surface area contributed by atoms with Gasteiger partial charge in [-0.2, -0.15) is 4.98 Å². The van der Waals surface area contributed by atoms with Crippen LogP contribution in [-0.2, 0) is 11.3 Å². The summed E-state index contributed by atoms with van der Waals surface area (Å²) in [5, 5.41) is 20.2. The predicted octanol–water partition coefficient (Wildman–Crippen LogP) is 3.53. The smallest absolute Gasteiger partial charge is 0.301 e. The maximum Gasteiger partial charge on any atom is 0.301 e. The fraction of sp³-hybridized carbons (Fsp3) is 0.194. The van der Waals surface area contributed by atoms with E-state index >= 15 is 0 Å². The molecule has 3 atom stereocenters. The third-order valence-corrected chi connectivity index (χ3v) is 6.97. The number of imide groups is 1. The number of carbonyl (C=O) groups is 2. The maximum absolute atomic E-state index is 13.9. The lowest BCUT2D eigenvalue weighted by molar-refractivity contribution is -0.0456. The molecule has 5 aromatic rings. The van der Waals surface area contributed by atoms with Crippen LogP contribution in [0.2, 0.25) is 0 Å². The van der Waals surface area contributed by atoms with Gasteiger partial charge in [0, 0.05) is 17.5 Å². The number of amides is 2. The van der Waals surface area contributed by atoms with Crippen LogP contribution in [0.25, 0.3) is 11.2 Å². The lowest BCUT2D eigenvalue weighted by Crippen LogP contribution is -2.38. The first-order valence-electron chi connectivity index (χ1n) is 13.4. The van der Waals surface area contributed by atoms with Gasteiger partial charge in [0.05, 0.1) is 12.7 Å². The molecule has 0 saturated carbocycles. The van der Waals surface area contributed by atoms with Crippen LogP contribution in [0.5, 0.6) is 6.01 Å². The van der Waals surface area contributed by atoms with Crippen molar-refractivity contribution in [1.29, 1.82) is 0 Å². The number of rotatable bonds is 8. The molecule has 11 nitrogen and oxygen atoms in total. The first-order valence-corrected chi connectivity index (χ1v) is 13.4. The van der Waals surface area contributed by atoms with E-state index in [9.17, 15) is 19.8 Å². The van der Waals surface area contributed by atoms with E-state index in [-0.39, 0.29) is 53.8 Å². The Kier molecular flexibility index (Phi) is 7.69. The largest absolute Gasteiger partial charge is 0.460 e. The number of fused-ring (bicyclic) bond motifs is 1. The van der Waals surface area contributed by atoms with E-state index in [1.807, 2.05) is 30.3 Å². The van der Waals surface area contributed by atoms with Crippen LogP contribution < -0.4 is 9.64 Å². The molecule has 11 heteroatoms. The molecule has 6 rings (SSSR count). The molecule has 212 valence electrons. The lowest BCUT2D eigenvalue weighted by atomic mass is 10.1. The van der Waals surface area contributed by atoms with Crippen LogP contribution in [-0.4, -0.2) is 60.4 Å². The van der Waals surface area contributed by atoms with Crippen molar-refractivity contribution >= 4 is 28.8 Å². The molecule has 1 aliphatic heterocycles. The summed E-state index contributed by atoms with van der Waals surface area (Å²) in [5.74, 6) is -1.24. The van der Waals surface area contributed by atoms with E-state index in [0.29, 0.717) is 0 Å². The normalized spacial score (nSPS) is 18.2. The lowest BCUT2D eigenvalue weighted by Gasteiger charge is -2.20. The number of ether oxygens (including phenoxy) is 2. The van der Waals surface area contributed by atoms with Gasteiger partial charge < -0.3 is 19.7 Å². The Hall–Kier alpha value is -4.97. The third kappa shape index (κ3) is 5.23. The molecule has 0 radical (unpaired) electrons. The van der Waals surface area contributed by atoms with Gasteiger partial charge in [-0.1, -0.05) is 66.7 Å². The second kappa shape index (κ2) is 11.9. The highest BCUT2D eigenvalue weighted by Crippen LogP contribution is 2.37. The average molecular weight is 566 g/mol. The second-order valence-electron chi connectivity index (χ2n) is 9.70. The van der Waals surface area contributed by atoms with Gasteiger partial charge in [-0.3, -0.25) is 14.2 Å². The van der Waals surface area contributed by atoms with Crippen LogP contribution in [0.3, 0.4) is 0 Å². The minimum absolute atomic E-state index is 0.0386. The molecule has 3 unspecified atom stereocenters. The van der Waals surface area contributed by atoms with Crippen molar-refractivity contribution in [3.05, 3.63) is 114 Å². The highest BCUT2D eigenvalue weighted by atomic mass is 16.6. The van der Waals surface area contributed by atoms with Crippen molar-refractivity contribution in [2.24, 2.45) is 0 Å². The Morgan fingerprint density at radius 1 is 0.905 bits per heavy atom. The molecule has 0 spiro atoms. The quantitative estimate of drug-likeness (QED) is 0.270. The van der Waals surface area contributed by atoms with Crippen molar-refractivity contribution in [2.45, 2.75) is 31.5 Å². The van der Waals surface area contributed by atoms with Gasteiger partial charge in [-0.05, 0) is 29.8 Å². The second-order valence-corrected chi connectivity index (χ2v) is 9.70. The van der Waals surface area contributed by atoms with E-state index < -0.39 is 30.3 Å². The Morgan fingerprint density at radius 2 is 1.50 bits per heavy atom. The molecular formula is C31H27N5O6. The van der Waals surface area contributed by atoms with Crippen molar-refractivity contribution in [1.82, 2.24) is 19.5 Å². The Morgan fingerprint density at radius 3 is 2.07 bits per heavy atom. The molecule has 3 heterocycles. The van der Waals surface area contributed by atoms with Gasteiger partial charge in [0.15, 0.2) is 17.0 Å². The van der Waals surface area contributed by atoms with Crippen molar-refractivity contribution in [3.63, 3.8) is 0 Å². The molecule has 2 aromatic heterocycles. The van der Waals surface area contributed by atoms with Gasteiger partial charge in [0.25, 0.3) is 11.8 Å². The summed E-state index contributed by atoms with van der Waals surface area (Å²) < 4.78 is 13.6. The summed E-state index contributed by atoms with van der Waals surface area (Å²) in [7, 11) is 0. The van der Waals surface area contributed by atoms with E-state index in [1.165, 1.54) is 6.33 Å². The van der Waals surface area contributed by atoms with Gasteiger partial charge in [-0.25, -0.2) is 14.9 Å². The number of aliphatic hydroxyl groups is 2. The Balaban J connectivity index is 1.50. The van der Waals surface area contributed by atoms with E-state index in [1.54, 1.807) is 65.2 Å². The SMILES string of the molecule is O=C(c1ccccc1)N(C(=O)c1ccccc1)c1ncnc2c1nc(OCc1ccccc1)n2C1CC(O)C(CO)O1. The summed E-state index contributed by atoms with van der Waals surface area (Å²) in [6, 6.07) is 26.4. The summed E-state index contributed by atoms with van der Waals surface area (Å²) in [4.78, 5) is 42.2. The van der Waals surface area contributed by atoms with Crippen LogP contribution in [0.1, 0.15) is 38.9 Å². The van der Waals surface area contributed by atoms with Crippen molar-refractivity contribution in [3.8, 4) is 6.01 Å². The van der Waals surface area contributed by atoms with E-state index in [2.05, 4.69) is 15.0 Å². The molecule has 2 amide bonds. The number of aliphatic hydroxyl groups excluding tert-OH is 2. The standard InChI is InChI=1S/C31H27N5O6/c37-17-24-23(38)16-25(42-24)35-27-26(34-31(35)41-18-20-10-4-1-5-11-20)28(33-19-32-27)36(29(39)21-12-6-2-7-13-21)30(40)22-14-8-3-9-15-22/h1-15,19,23-25,37-38H,16-18H2. The van der Waals surface area contributed by atoms with E-state index in [4.69, 9.17) is 9.47 Å². The summed E-state index contributed by atoms with van der Waals surface area (Å²) in [6.07, 6.45) is -1.18. The average Bonchev–Trinajstić information content (AvgIpc) is 3.61. The number of imidazole rings is 1. The topological polar surface area (TPSA) is 140 Å². The highest BCUT2D eigenvalue weighted by Gasteiger charge is 2.38. The molecule has 3 aromatic carbocycles. The zero-order valence-electron chi connectivity index (χ0n) is 22.4. The number of hydrogen-bond acceptors (Lipinski definition) is 9. The molecule has 1 aliphatic rings. The first-order chi connectivity index (χ1) is 20.5. The number of aromatic nitrogens is 4. The number of anilines is 1. The molecule has 1 fully saturated rings. The minimum Gasteiger partial charge on any atom is -0.460 e. The summed E-state index contributed by atoms with van der Waals surface area (Å²) in [5.41, 5.74) is 1.79. The first kappa shape index (κ1) is 27.2. The van der Waals surface area contributed by atoms with Crippen LogP contribution in [0, 0.1) is 0 Å². The number of hydrogen-bond donors (Lipinski definition) is 2.